The van der Waals surface area contributed by atoms with Crippen LogP contribution in [0.1, 0.15) is 39.2 Å². The minimum absolute atomic E-state index is 0.0967. The van der Waals surface area contributed by atoms with Gasteiger partial charge < -0.3 is 0 Å². The Bertz CT molecular complexity index is 437. The molecule has 3 heteroatoms. The normalized spacial score (nSPS) is 25.7. The summed E-state index contributed by atoms with van der Waals surface area (Å²) in [6, 6.07) is 3.94. The monoisotopic (exact) mass is 253 g/mol. The van der Waals surface area contributed by atoms with Crippen molar-refractivity contribution in [2.45, 2.75) is 39.2 Å². The molecule has 0 N–H and O–H groups in total. The van der Waals surface area contributed by atoms with Crippen LogP contribution >= 0.6 is 0 Å². The lowest BCUT2D eigenvalue weighted by Gasteiger charge is -2.31. The van der Waals surface area contributed by atoms with Crippen molar-refractivity contribution in [3.05, 3.63) is 35.4 Å². The summed E-state index contributed by atoms with van der Waals surface area (Å²) >= 11 is 0. The molecule has 100 valence electrons. The Balaban J connectivity index is 2.24. The average molecular weight is 253 g/mol. The largest absolute Gasteiger partial charge is 0.298 e. The van der Waals surface area contributed by atoms with Gasteiger partial charge in [-0.3, -0.25) is 4.90 Å². The van der Waals surface area contributed by atoms with Gasteiger partial charge in [-0.15, -0.1) is 0 Å². The Hall–Kier alpha value is -0.960. The van der Waals surface area contributed by atoms with Crippen LogP contribution in [0.15, 0.2) is 18.2 Å². The van der Waals surface area contributed by atoms with Gasteiger partial charge in [0.2, 0.25) is 0 Å². The fraction of sp³-hybridized carbons (Fsp3) is 0.600. The molecule has 0 bridgehead atoms. The van der Waals surface area contributed by atoms with E-state index >= 15 is 0 Å². The third-order valence-corrected chi connectivity index (χ3v) is 3.92. The highest BCUT2D eigenvalue weighted by Gasteiger charge is 2.36. The maximum Gasteiger partial charge on any atom is 0.129 e. The number of hydrogen-bond acceptors (Lipinski definition) is 1. The molecule has 0 aromatic heterocycles. The highest BCUT2D eigenvalue weighted by atomic mass is 19.1. The lowest BCUT2D eigenvalue weighted by molar-refractivity contribution is 0.168. The van der Waals surface area contributed by atoms with Crippen LogP contribution in [-0.4, -0.2) is 23.5 Å². The van der Waals surface area contributed by atoms with Gasteiger partial charge in [0.25, 0.3) is 0 Å². The smallest absolute Gasteiger partial charge is 0.129 e. The van der Waals surface area contributed by atoms with Crippen molar-refractivity contribution >= 4 is 0 Å². The molecule has 0 amide bonds. The molecule has 1 aliphatic heterocycles. The van der Waals surface area contributed by atoms with Crippen molar-refractivity contribution in [2.24, 2.45) is 5.92 Å². The van der Waals surface area contributed by atoms with Crippen LogP contribution in [0.3, 0.4) is 0 Å². The molecule has 2 rings (SSSR count). The summed E-state index contributed by atoms with van der Waals surface area (Å²) in [6.45, 7) is 10.5. The molecular formula is C15H21F2N. The van der Waals surface area contributed by atoms with Gasteiger partial charge >= 0.3 is 0 Å². The van der Waals surface area contributed by atoms with E-state index in [1.165, 1.54) is 6.07 Å². The predicted octanol–water partition coefficient (Wildman–Crippen LogP) is 3.80. The highest BCUT2D eigenvalue weighted by Crippen LogP contribution is 2.36. The van der Waals surface area contributed by atoms with E-state index in [4.69, 9.17) is 0 Å². The SMILES string of the molecule is CC1CN(C(C)(C)C)C[C@H]1c1ccc(F)cc1F. The van der Waals surface area contributed by atoms with Crippen molar-refractivity contribution < 1.29 is 8.78 Å². The summed E-state index contributed by atoms with van der Waals surface area (Å²) < 4.78 is 26.8. The summed E-state index contributed by atoms with van der Waals surface area (Å²) in [5.74, 6) is -0.369. The zero-order valence-electron chi connectivity index (χ0n) is 11.5. The molecule has 1 unspecified atom stereocenters. The van der Waals surface area contributed by atoms with E-state index < -0.39 is 11.6 Å². The van der Waals surface area contributed by atoms with Gasteiger partial charge in [0.1, 0.15) is 11.6 Å². The summed E-state index contributed by atoms with van der Waals surface area (Å²) in [4.78, 5) is 2.37. The van der Waals surface area contributed by atoms with Crippen LogP contribution in [0, 0.1) is 17.6 Å². The maximum atomic E-state index is 13.8. The van der Waals surface area contributed by atoms with Crippen molar-refractivity contribution in [3.8, 4) is 0 Å². The second-order valence-corrected chi connectivity index (χ2v) is 6.33. The molecular weight excluding hydrogens is 232 g/mol. The fourth-order valence-corrected chi connectivity index (χ4v) is 2.72. The van der Waals surface area contributed by atoms with Crippen LogP contribution < -0.4 is 0 Å². The van der Waals surface area contributed by atoms with E-state index in [2.05, 4.69) is 32.6 Å². The van der Waals surface area contributed by atoms with Crippen molar-refractivity contribution in [2.75, 3.05) is 13.1 Å². The van der Waals surface area contributed by atoms with Gasteiger partial charge in [-0.2, -0.15) is 0 Å². The minimum Gasteiger partial charge on any atom is -0.298 e. The third-order valence-electron chi connectivity index (χ3n) is 3.92. The van der Waals surface area contributed by atoms with Gasteiger partial charge in [-0.05, 0) is 38.3 Å². The molecule has 1 heterocycles. The van der Waals surface area contributed by atoms with Crippen molar-refractivity contribution in [3.63, 3.8) is 0 Å². The molecule has 1 saturated heterocycles. The third kappa shape index (κ3) is 2.56. The summed E-state index contributed by atoms with van der Waals surface area (Å²) in [5, 5.41) is 0. The van der Waals surface area contributed by atoms with Gasteiger partial charge in [-0.25, -0.2) is 8.78 Å². The van der Waals surface area contributed by atoms with E-state index in [1.54, 1.807) is 6.07 Å². The van der Waals surface area contributed by atoms with Crippen LogP contribution in [0.5, 0.6) is 0 Å². The molecule has 2 atom stereocenters. The number of nitrogens with zero attached hydrogens (tertiary/aromatic N) is 1. The molecule has 1 aromatic rings. The molecule has 0 saturated carbocycles. The van der Waals surface area contributed by atoms with Crippen molar-refractivity contribution in [1.82, 2.24) is 4.90 Å². The molecule has 0 aliphatic carbocycles. The van der Waals surface area contributed by atoms with Crippen LogP contribution in [0.4, 0.5) is 8.78 Å². The Morgan fingerprint density at radius 3 is 2.33 bits per heavy atom. The highest BCUT2D eigenvalue weighted by molar-refractivity contribution is 5.25. The Morgan fingerprint density at radius 2 is 1.83 bits per heavy atom. The van der Waals surface area contributed by atoms with Crippen LogP contribution in [-0.2, 0) is 0 Å². The van der Waals surface area contributed by atoms with Gasteiger partial charge in [-0.1, -0.05) is 13.0 Å². The number of hydrogen-bond donors (Lipinski definition) is 0. The summed E-state index contributed by atoms with van der Waals surface area (Å²) in [7, 11) is 0. The van der Waals surface area contributed by atoms with E-state index in [9.17, 15) is 8.78 Å². The van der Waals surface area contributed by atoms with E-state index in [1.807, 2.05) is 0 Å². The molecule has 0 spiro atoms. The summed E-state index contributed by atoms with van der Waals surface area (Å²) in [5.41, 5.74) is 0.745. The number of benzene rings is 1. The van der Waals surface area contributed by atoms with Gasteiger partial charge in [0.15, 0.2) is 0 Å². The van der Waals surface area contributed by atoms with Gasteiger partial charge in [0.05, 0.1) is 0 Å². The first-order chi connectivity index (χ1) is 8.29. The Kier molecular flexibility index (Phi) is 3.45. The topological polar surface area (TPSA) is 3.24 Å². The zero-order valence-corrected chi connectivity index (χ0v) is 11.5. The minimum atomic E-state index is -0.505. The summed E-state index contributed by atoms with van der Waals surface area (Å²) in [6.07, 6.45) is 0. The van der Waals surface area contributed by atoms with Crippen LogP contribution in [0.2, 0.25) is 0 Å². The quantitative estimate of drug-likeness (QED) is 0.736. The maximum absolute atomic E-state index is 13.8. The van der Waals surface area contributed by atoms with E-state index in [0.29, 0.717) is 11.5 Å². The molecule has 18 heavy (non-hydrogen) atoms. The van der Waals surface area contributed by atoms with E-state index in [0.717, 1.165) is 19.2 Å². The standard InChI is InChI=1S/C15H21F2N/c1-10-8-18(15(2,3)4)9-13(10)12-6-5-11(16)7-14(12)17/h5-7,10,13H,8-9H2,1-4H3/t10?,13-/m1/s1. The predicted molar refractivity (Wildman–Crippen MR) is 69.6 cm³/mol. The molecule has 1 aliphatic rings. The first-order valence-corrected chi connectivity index (χ1v) is 6.49. The van der Waals surface area contributed by atoms with Crippen molar-refractivity contribution in [1.29, 1.82) is 0 Å². The fourth-order valence-electron chi connectivity index (χ4n) is 2.72. The first kappa shape index (κ1) is 13.5. The lowest BCUT2D eigenvalue weighted by atomic mass is 9.90. The van der Waals surface area contributed by atoms with Gasteiger partial charge in [0, 0.05) is 30.6 Å². The first-order valence-electron chi connectivity index (χ1n) is 6.49. The molecule has 0 radical (unpaired) electrons. The molecule has 1 aromatic carbocycles. The Morgan fingerprint density at radius 1 is 1.17 bits per heavy atom. The molecule has 1 nitrogen and oxygen atoms in total. The van der Waals surface area contributed by atoms with E-state index in [-0.39, 0.29) is 11.5 Å². The molecule has 1 fully saturated rings. The average Bonchev–Trinajstić information content (AvgIpc) is 2.60. The number of likely N-dealkylation sites (tertiary alicyclic amines) is 1. The second kappa shape index (κ2) is 4.61. The number of halogens is 2. The Labute approximate surface area is 108 Å². The number of rotatable bonds is 1. The second-order valence-electron chi connectivity index (χ2n) is 6.33. The van der Waals surface area contributed by atoms with Crippen LogP contribution in [0.25, 0.3) is 0 Å². The zero-order chi connectivity index (χ0) is 13.5. The lowest BCUT2D eigenvalue weighted by Crippen LogP contribution is -2.39.